The van der Waals surface area contributed by atoms with E-state index in [1.807, 2.05) is 0 Å². The van der Waals surface area contributed by atoms with Crippen molar-refractivity contribution in [3.63, 3.8) is 0 Å². The molecule has 0 aliphatic carbocycles. The third-order valence-electron chi connectivity index (χ3n) is 1.95. The molecule has 6 nitrogen and oxygen atoms in total. The Morgan fingerprint density at radius 3 is 2.22 bits per heavy atom. The first kappa shape index (κ1) is 15.4. The summed E-state index contributed by atoms with van der Waals surface area (Å²) in [5.41, 5.74) is 10.9. The van der Waals surface area contributed by atoms with E-state index in [2.05, 4.69) is 36.6 Å². The van der Waals surface area contributed by atoms with Gasteiger partial charge in [0.15, 0.2) is 0 Å². The van der Waals surface area contributed by atoms with E-state index in [1.54, 1.807) is 0 Å². The zero-order valence-corrected chi connectivity index (χ0v) is 13.1. The number of benzene rings is 1. The summed E-state index contributed by atoms with van der Waals surface area (Å²) < 4.78 is 27.0. The summed E-state index contributed by atoms with van der Waals surface area (Å²) in [6.45, 7) is -0.0546. The molecule has 1 aromatic rings. The van der Waals surface area contributed by atoms with Crippen molar-refractivity contribution < 1.29 is 13.2 Å². The average Bonchev–Trinajstić information content (AvgIpc) is 2.13. The fourth-order valence-corrected chi connectivity index (χ4v) is 4.86. The number of halogens is 2. The van der Waals surface area contributed by atoms with Gasteiger partial charge in [0.1, 0.15) is 4.90 Å². The van der Waals surface area contributed by atoms with Crippen molar-refractivity contribution in [2.24, 2.45) is 5.73 Å². The van der Waals surface area contributed by atoms with Gasteiger partial charge in [0.2, 0.25) is 15.9 Å². The number of hydrogen-bond donors (Lipinski definition) is 3. The van der Waals surface area contributed by atoms with E-state index in [0.717, 1.165) is 0 Å². The molecular formula is C9H11Br2N3O3S. The van der Waals surface area contributed by atoms with E-state index in [9.17, 15) is 13.2 Å². The van der Waals surface area contributed by atoms with E-state index in [0.29, 0.717) is 14.6 Å². The molecule has 0 heterocycles. The Kier molecular flexibility index (Phi) is 5.14. The van der Waals surface area contributed by atoms with Crippen LogP contribution in [0.1, 0.15) is 6.42 Å². The van der Waals surface area contributed by atoms with Crippen LogP contribution in [0.4, 0.5) is 5.69 Å². The fourth-order valence-electron chi connectivity index (χ4n) is 1.22. The maximum Gasteiger partial charge on any atom is 0.242 e. The lowest BCUT2D eigenvalue weighted by Crippen LogP contribution is -2.28. The molecule has 9 heteroatoms. The van der Waals surface area contributed by atoms with Gasteiger partial charge in [0, 0.05) is 27.6 Å². The second-order valence-electron chi connectivity index (χ2n) is 3.43. The van der Waals surface area contributed by atoms with Crippen LogP contribution in [0, 0.1) is 0 Å². The molecule has 1 amide bonds. The minimum atomic E-state index is -3.74. The van der Waals surface area contributed by atoms with Crippen molar-refractivity contribution in [1.82, 2.24) is 4.72 Å². The smallest absolute Gasteiger partial charge is 0.242 e. The first-order chi connectivity index (χ1) is 8.24. The van der Waals surface area contributed by atoms with Crippen LogP contribution < -0.4 is 16.2 Å². The minimum Gasteiger partial charge on any atom is -0.399 e. The molecule has 0 fully saturated rings. The number of anilines is 1. The highest BCUT2D eigenvalue weighted by Crippen LogP contribution is 2.32. The Labute approximate surface area is 121 Å². The number of nitrogen functional groups attached to an aromatic ring is 1. The Morgan fingerprint density at radius 2 is 1.78 bits per heavy atom. The van der Waals surface area contributed by atoms with Gasteiger partial charge < -0.3 is 11.5 Å². The average molecular weight is 401 g/mol. The summed E-state index contributed by atoms with van der Waals surface area (Å²) in [5.74, 6) is -0.576. The van der Waals surface area contributed by atoms with E-state index in [4.69, 9.17) is 11.5 Å². The molecule has 0 aliphatic rings. The van der Waals surface area contributed by atoms with Gasteiger partial charge in [-0.15, -0.1) is 0 Å². The Hall–Kier alpha value is -0.640. The van der Waals surface area contributed by atoms with Gasteiger partial charge in [-0.3, -0.25) is 4.79 Å². The van der Waals surface area contributed by atoms with Crippen LogP contribution in [-0.4, -0.2) is 20.9 Å². The highest BCUT2D eigenvalue weighted by molar-refractivity contribution is 9.11. The van der Waals surface area contributed by atoms with Crippen molar-refractivity contribution in [1.29, 1.82) is 0 Å². The van der Waals surface area contributed by atoms with Gasteiger partial charge >= 0.3 is 0 Å². The van der Waals surface area contributed by atoms with E-state index in [1.165, 1.54) is 12.1 Å². The summed E-state index contributed by atoms with van der Waals surface area (Å²) in [7, 11) is -3.74. The van der Waals surface area contributed by atoms with Gasteiger partial charge in [-0.25, -0.2) is 13.1 Å². The first-order valence-electron chi connectivity index (χ1n) is 4.76. The molecule has 0 radical (unpaired) electrons. The van der Waals surface area contributed by atoms with Crippen molar-refractivity contribution in [3.8, 4) is 0 Å². The van der Waals surface area contributed by atoms with Gasteiger partial charge in [0.05, 0.1) is 0 Å². The SMILES string of the molecule is NC(=O)CCNS(=O)(=O)c1c(Br)cc(N)cc1Br. The normalized spacial score (nSPS) is 11.4. The van der Waals surface area contributed by atoms with Crippen molar-refractivity contribution in [3.05, 3.63) is 21.1 Å². The number of carbonyl (C=O) groups is 1. The number of amides is 1. The maximum atomic E-state index is 12.0. The highest BCUT2D eigenvalue weighted by Gasteiger charge is 2.21. The molecule has 0 saturated carbocycles. The van der Waals surface area contributed by atoms with Crippen LogP contribution >= 0.6 is 31.9 Å². The molecule has 0 saturated heterocycles. The van der Waals surface area contributed by atoms with Gasteiger partial charge in [-0.05, 0) is 44.0 Å². The molecular weight excluding hydrogens is 390 g/mol. The lowest BCUT2D eigenvalue weighted by Gasteiger charge is -2.10. The molecule has 1 rings (SSSR count). The van der Waals surface area contributed by atoms with Crippen LogP contribution in [0.3, 0.4) is 0 Å². The molecule has 0 atom stereocenters. The van der Waals surface area contributed by atoms with E-state index in [-0.39, 0.29) is 17.9 Å². The molecule has 1 aromatic carbocycles. The molecule has 0 aromatic heterocycles. The Balaban J connectivity index is 3.02. The summed E-state index contributed by atoms with van der Waals surface area (Å²) >= 11 is 6.27. The number of nitrogens with two attached hydrogens (primary N) is 2. The highest BCUT2D eigenvalue weighted by atomic mass is 79.9. The molecule has 5 N–H and O–H groups in total. The standard InChI is InChI=1S/C9H11Br2N3O3S/c10-6-3-5(12)4-7(11)9(6)18(16,17)14-2-1-8(13)15/h3-4,14H,1-2,12H2,(H2,13,15). The predicted molar refractivity (Wildman–Crippen MR) is 75.3 cm³/mol. The molecule has 18 heavy (non-hydrogen) atoms. The van der Waals surface area contributed by atoms with Crippen LogP contribution in [0.2, 0.25) is 0 Å². The largest absolute Gasteiger partial charge is 0.399 e. The first-order valence-corrected chi connectivity index (χ1v) is 7.83. The lowest BCUT2D eigenvalue weighted by molar-refractivity contribution is -0.117. The molecule has 0 bridgehead atoms. The topological polar surface area (TPSA) is 115 Å². The minimum absolute atomic E-state index is 0.0289. The number of hydrogen-bond acceptors (Lipinski definition) is 4. The van der Waals surface area contributed by atoms with Crippen molar-refractivity contribution in [2.45, 2.75) is 11.3 Å². The van der Waals surface area contributed by atoms with Gasteiger partial charge in [-0.1, -0.05) is 0 Å². The third kappa shape index (κ3) is 3.94. The van der Waals surface area contributed by atoms with Crippen molar-refractivity contribution in [2.75, 3.05) is 12.3 Å². The quantitative estimate of drug-likeness (QED) is 0.638. The summed E-state index contributed by atoms with van der Waals surface area (Å²) in [5, 5.41) is 0. The predicted octanol–water partition coefficient (Wildman–Crippen LogP) is 0.947. The zero-order valence-electron chi connectivity index (χ0n) is 9.11. The van der Waals surface area contributed by atoms with Gasteiger partial charge in [0.25, 0.3) is 0 Å². The lowest BCUT2D eigenvalue weighted by atomic mass is 10.3. The Morgan fingerprint density at radius 1 is 1.28 bits per heavy atom. The van der Waals surface area contributed by atoms with Crippen LogP contribution in [0.25, 0.3) is 0 Å². The molecule has 0 spiro atoms. The second kappa shape index (κ2) is 6.00. The number of primary amides is 1. The molecule has 0 unspecified atom stereocenters. The number of rotatable bonds is 5. The zero-order chi connectivity index (χ0) is 13.9. The summed E-state index contributed by atoms with van der Waals surface area (Å²) in [6, 6.07) is 2.96. The Bertz CT molecular complexity index is 551. The number of sulfonamides is 1. The van der Waals surface area contributed by atoms with Crippen LogP contribution in [-0.2, 0) is 14.8 Å². The monoisotopic (exact) mass is 399 g/mol. The fraction of sp³-hybridized carbons (Fsp3) is 0.222. The number of nitrogens with one attached hydrogen (secondary N) is 1. The van der Waals surface area contributed by atoms with Gasteiger partial charge in [-0.2, -0.15) is 0 Å². The van der Waals surface area contributed by atoms with E-state index >= 15 is 0 Å². The third-order valence-corrected chi connectivity index (χ3v) is 5.29. The molecule has 100 valence electrons. The van der Waals surface area contributed by atoms with E-state index < -0.39 is 15.9 Å². The molecule has 0 aliphatic heterocycles. The summed E-state index contributed by atoms with van der Waals surface area (Å²) in [4.78, 5) is 10.6. The second-order valence-corrected chi connectivity index (χ2v) is 6.84. The van der Waals surface area contributed by atoms with Crippen LogP contribution in [0.15, 0.2) is 26.0 Å². The summed E-state index contributed by atoms with van der Waals surface area (Å²) in [6.07, 6.45) is -0.0660. The van der Waals surface area contributed by atoms with Crippen molar-refractivity contribution >= 4 is 53.5 Å². The number of carbonyl (C=O) groups excluding carboxylic acids is 1. The maximum absolute atomic E-state index is 12.0. The van der Waals surface area contributed by atoms with Crippen LogP contribution in [0.5, 0.6) is 0 Å².